The number of nitrogens with zero attached hydrogens (tertiary/aromatic N) is 2. The quantitative estimate of drug-likeness (QED) is 0.253. The number of hydrazone groups is 1. The van der Waals surface area contributed by atoms with Crippen LogP contribution in [0.2, 0.25) is 0 Å². The standard InChI is InChI=1S/C26H22F3N3O3/c1-14-9-15(2)11-19(10-14)32-22-13-18(26(27,28)29)7-8-21(22)23(25(32)35)16(3)30-31-24(34)17-5-4-6-20(33)12-17/h4-13,33,35H,1-3H3,(H,31,34). The Kier molecular flexibility index (Phi) is 6.02. The molecule has 0 aliphatic rings. The molecule has 35 heavy (non-hydrogen) atoms. The molecule has 180 valence electrons. The fourth-order valence-corrected chi connectivity index (χ4v) is 4.05. The van der Waals surface area contributed by atoms with Crippen LogP contribution in [0, 0.1) is 13.8 Å². The number of benzene rings is 3. The summed E-state index contributed by atoms with van der Waals surface area (Å²) in [6, 6.07) is 14.3. The summed E-state index contributed by atoms with van der Waals surface area (Å²) in [5.74, 6) is -0.998. The zero-order chi connectivity index (χ0) is 25.5. The molecule has 0 saturated carbocycles. The minimum absolute atomic E-state index is 0.0898. The summed E-state index contributed by atoms with van der Waals surface area (Å²) in [4.78, 5) is 12.4. The molecule has 4 rings (SSSR count). The molecule has 9 heteroatoms. The van der Waals surface area contributed by atoms with Crippen LogP contribution in [0.5, 0.6) is 11.6 Å². The molecule has 0 atom stereocenters. The minimum Gasteiger partial charge on any atom is -0.508 e. The number of nitrogens with one attached hydrogen (secondary N) is 1. The molecule has 1 heterocycles. The topological polar surface area (TPSA) is 86.8 Å². The van der Waals surface area contributed by atoms with E-state index in [9.17, 15) is 28.2 Å². The molecule has 1 aromatic heterocycles. The van der Waals surface area contributed by atoms with E-state index in [1.807, 2.05) is 19.9 Å². The lowest BCUT2D eigenvalue weighted by atomic mass is 10.1. The molecule has 3 aromatic carbocycles. The zero-order valence-electron chi connectivity index (χ0n) is 19.1. The Balaban J connectivity index is 1.87. The fourth-order valence-electron chi connectivity index (χ4n) is 4.05. The maximum absolute atomic E-state index is 13.5. The van der Waals surface area contributed by atoms with Gasteiger partial charge in [0.05, 0.1) is 22.4 Å². The van der Waals surface area contributed by atoms with Gasteiger partial charge in [-0.2, -0.15) is 18.3 Å². The normalized spacial score (nSPS) is 12.2. The summed E-state index contributed by atoms with van der Waals surface area (Å²) in [5.41, 5.74) is 4.42. The summed E-state index contributed by atoms with van der Waals surface area (Å²) >= 11 is 0. The molecule has 0 bridgehead atoms. The molecule has 0 unspecified atom stereocenters. The molecular formula is C26H22F3N3O3. The third kappa shape index (κ3) is 4.70. The number of hydrogen-bond acceptors (Lipinski definition) is 4. The van der Waals surface area contributed by atoms with Crippen LogP contribution in [0.4, 0.5) is 13.2 Å². The first-order valence-corrected chi connectivity index (χ1v) is 10.6. The van der Waals surface area contributed by atoms with Gasteiger partial charge in [-0.25, -0.2) is 5.43 Å². The monoisotopic (exact) mass is 481 g/mol. The van der Waals surface area contributed by atoms with E-state index in [1.54, 1.807) is 12.1 Å². The predicted molar refractivity (Wildman–Crippen MR) is 127 cm³/mol. The van der Waals surface area contributed by atoms with E-state index in [-0.39, 0.29) is 34.0 Å². The van der Waals surface area contributed by atoms with Crippen molar-refractivity contribution < 1.29 is 28.2 Å². The lowest BCUT2D eigenvalue weighted by Gasteiger charge is -2.11. The van der Waals surface area contributed by atoms with Gasteiger partial charge in [0.2, 0.25) is 5.88 Å². The Morgan fingerprint density at radius 3 is 2.29 bits per heavy atom. The summed E-state index contributed by atoms with van der Waals surface area (Å²) in [7, 11) is 0. The Morgan fingerprint density at radius 2 is 1.66 bits per heavy atom. The maximum atomic E-state index is 13.5. The van der Waals surface area contributed by atoms with Crippen molar-refractivity contribution in [2.45, 2.75) is 26.9 Å². The number of amides is 1. The Bertz CT molecular complexity index is 1470. The first kappa shape index (κ1) is 23.9. The first-order valence-electron chi connectivity index (χ1n) is 10.6. The molecule has 1 amide bonds. The van der Waals surface area contributed by atoms with E-state index >= 15 is 0 Å². The van der Waals surface area contributed by atoms with Crippen molar-refractivity contribution in [2.24, 2.45) is 5.10 Å². The minimum atomic E-state index is -4.57. The van der Waals surface area contributed by atoms with E-state index in [0.717, 1.165) is 23.3 Å². The van der Waals surface area contributed by atoms with Crippen molar-refractivity contribution in [2.75, 3.05) is 0 Å². The molecule has 6 nitrogen and oxygen atoms in total. The molecule has 0 aliphatic carbocycles. The van der Waals surface area contributed by atoms with Crippen molar-refractivity contribution in [3.05, 3.63) is 88.5 Å². The molecule has 4 aromatic rings. The van der Waals surface area contributed by atoms with Crippen LogP contribution < -0.4 is 5.43 Å². The van der Waals surface area contributed by atoms with E-state index in [0.29, 0.717) is 11.1 Å². The first-order chi connectivity index (χ1) is 16.5. The zero-order valence-corrected chi connectivity index (χ0v) is 19.1. The Labute approximate surface area is 198 Å². The SMILES string of the molecule is CC(=NNC(=O)c1cccc(O)c1)c1c(O)n(-c2cc(C)cc(C)c2)c2cc(C(F)(F)F)ccc12. The van der Waals surface area contributed by atoms with Crippen molar-refractivity contribution in [1.82, 2.24) is 9.99 Å². The van der Waals surface area contributed by atoms with Crippen LogP contribution in [-0.2, 0) is 6.18 Å². The molecule has 0 fully saturated rings. The lowest BCUT2D eigenvalue weighted by molar-refractivity contribution is -0.137. The average Bonchev–Trinajstić information content (AvgIpc) is 3.07. The second-order valence-electron chi connectivity index (χ2n) is 8.30. The second kappa shape index (κ2) is 8.83. The second-order valence-corrected chi connectivity index (χ2v) is 8.30. The number of phenolic OH excluding ortho intramolecular Hbond substituents is 1. The third-order valence-corrected chi connectivity index (χ3v) is 5.53. The Morgan fingerprint density at radius 1 is 0.971 bits per heavy atom. The van der Waals surface area contributed by atoms with Crippen molar-refractivity contribution in [3.63, 3.8) is 0 Å². The molecule has 0 radical (unpaired) electrons. The van der Waals surface area contributed by atoms with Gasteiger partial charge in [-0.3, -0.25) is 9.36 Å². The van der Waals surface area contributed by atoms with Crippen molar-refractivity contribution in [1.29, 1.82) is 0 Å². The van der Waals surface area contributed by atoms with Crippen LogP contribution >= 0.6 is 0 Å². The number of fused-ring (bicyclic) bond motifs is 1. The molecule has 0 spiro atoms. The van der Waals surface area contributed by atoms with Crippen molar-refractivity contribution in [3.8, 4) is 17.3 Å². The van der Waals surface area contributed by atoms with E-state index in [1.165, 1.54) is 41.8 Å². The maximum Gasteiger partial charge on any atom is 0.416 e. The number of halogens is 3. The van der Waals surface area contributed by atoms with Gasteiger partial charge in [-0.05, 0) is 74.4 Å². The van der Waals surface area contributed by atoms with Crippen LogP contribution in [-0.4, -0.2) is 26.4 Å². The van der Waals surface area contributed by atoms with Gasteiger partial charge in [0.1, 0.15) is 5.75 Å². The molecular weight excluding hydrogens is 459 g/mol. The Hall–Kier alpha value is -4.27. The van der Waals surface area contributed by atoms with Gasteiger partial charge in [0, 0.05) is 16.6 Å². The third-order valence-electron chi connectivity index (χ3n) is 5.53. The number of carbonyl (C=O) groups excluding carboxylic acids is 1. The van der Waals surface area contributed by atoms with Crippen LogP contribution in [0.15, 0.2) is 65.8 Å². The highest BCUT2D eigenvalue weighted by Gasteiger charge is 2.32. The number of hydrogen-bond donors (Lipinski definition) is 3. The molecule has 3 N–H and O–H groups in total. The lowest BCUT2D eigenvalue weighted by Crippen LogP contribution is -2.19. The fraction of sp³-hybridized carbons (Fsp3) is 0.154. The van der Waals surface area contributed by atoms with Crippen LogP contribution in [0.25, 0.3) is 16.6 Å². The smallest absolute Gasteiger partial charge is 0.416 e. The summed E-state index contributed by atoms with van der Waals surface area (Å²) in [6.45, 7) is 5.23. The number of alkyl halides is 3. The van der Waals surface area contributed by atoms with Crippen LogP contribution in [0.3, 0.4) is 0 Å². The number of aromatic nitrogens is 1. The number of aryl methyl sites for hydroxylation is 2. The van der Waals surface area contributed by atoms with Crippen molar-refractivity contribution >= 4 is 22.5 Å². The number of aromatic hydroxyl groups is 2. The highest BCUT2D eigenvalue weighted by Crippen LogP contribution is 2.39. The van der Waals surface area contributed by atoms with Crippen LogP contribution in [0.1, 0.15) is 39.5 Å². The number of carbonyl (C=O) groups is 1. The van der Waals surface area contributed by atoms with E-state index in [2.05, 4.69) is 10.5 Å². The largest absolute Gasteiger partial charge is 0.508 e. The highest BCUT2D eigenvalue weighted by molar-refractivity contribution is 6.13. The van der Waals surface area contributed by atoms with Gasteiger partial charge in [-0.15, -0.1) is 0 Å². The van der Waals surface area contributed by atoms with E-state index < -0.39 is 17.6 Å². The number of rotatable bonds is 4. The number of phenols is 1. The summed E-state index contributed by atoms with van der Waals surface area (Å²) in [6.07, 6.45) is -4.57. The summed E-state index contributed by atoms with van der Waals surface area (Å²) in [5, 5.41) is 25.2. The average molecular weight is 481 g/mol. The molecule has 0 aliphatic heterocycles. The van der Waals surface area contributed by atoms with Gasteiger partial charge < -0.3 is 10.2 Å². The predicted octanol–water partition coefficient (Wildman–Crippen LogP) is 5.83. The molecule has 0 saturated heterocycles. The van der Waals surface area contributed by atoms with Gasteiger partial charge in [-0.1, -0.05) is 18.2 Å². The van der Waals surface area contributed by atoms with E-state index in [4.69, 9.17) is 0 Å². The van der Waals surface area contributed by atoms with Gasteiger partial charge >= 0.3 is 6.18 Å². The van der Waals surface area contributed by atoms with Gasteiger partial charge in [0.15, 0.2) is 0 Å². The highest BCUT2D eigenvalue weighted by atomic mass is 19.4. The summed E-state index contributed by atoms with van der Waals surface area (Å²) < 4.78 is 41.8. The van der Waals surface area contributed by atoms with Gasteiger partial charge in [0.25, 0.3) is 5.91 Å².